The first-order chi connectivity index (χ1) is 10.4. The van der Waals surface area contributed by atoms with Gasteiger partial charge in [-0.3, -0.25) is 15.8 Å². The fourth-order valence-electron chi connectivity index (χ4n) is 2.43. The van der Waals surface area contributed by atoms with Gasteiger partial charge in [0.25, 0.3) is 11.5 Å². The monoisotopic (exact) mass is 317 g/mol. The molecule has 6 nitrogen and oxygen atoms in total. The summed E-state index contributed by atoms with van der Waals surface area (Å²) in [6, 6.07) is 6.53. The minimum atomic E-state index is -0.549. The fourth-order valence-corrected chi connectivity index (χ4v) is 2.62. The van der Waals surface area contributed by atoms with Crippen LogP contribution in [0.3, 0.4) is 0 Å². The summed E-state index contributed by atoms with van der Waals surface area (Å²) in [4.78, 5) is 13.5. The average molecular weight is 318 g/mol. The second-order valence-electron chi connectivity index (χ2n) is 4.78. The number of aromatic nitrogens is 1. The van der Waals surface area contributed by atoms with Gasteiger partial charge in [-0.05, 0) is 18.6 Å². The molecule has 112 valence electrons. The molecule has 2 aromatic rings. The second-order valence-corrected chi connectivity index (χ2v) is 5.19. The van der Waals surface area contributed by atoms with Crippen LogP contribution in [0.2, 0.25) is 5.02 Å². The SMILES string of the molecule is CCc1[nH+]c(N)c(C#N)c(-c2ccc(Cl)c([N+](=O)[O-])c2)c1C. The van der Waals surface area contributed by atoms with Crippen LogP contribution in [-0.2, 0) is 6.42 Å². The summed E-state index contributed by atoms with van der Waals surface area (Å²) in [7, 11) is 0. The van der Waals surface area contributed by atoms with Gasteiger partial charge >= 0.3 is 0 Å². The highest BCUT2D eigenvalue weighted by molar-refractivity contribution is 6.32. The van der Waals surface area contributed by atoms with Crippen molar-refractivity contribution in [2.24, 2.45) is 0 Å². The van der Waals surface area contributed by atoms with Crippen molar-refractivity contribution in [2.75, 3.05) is 5.73 Å². The van der Waals surface area contributed by atoms with E-state index in [9.17, 15) is 15.4 Å². The molecule has 2 rings (SSSR count). The molecule has 0 saturated heterocycles. The smallest absolute Gasteiger partial charge is 0.286 e. The molecule has 0 aliphatic heterocycles. The number of halogens is 1. The highest BCUT2D eigenvalue weighted by Crippen LogP contribution is 2.35. The van der Waals surface area contributed by atoms with E-state index in [1.165, 1.54) is 12.1 Å². The van der Waals surface area contributed by atoms with Crippen molar-refractivity contribution in [2.45, 2.75) is 20.3 Å². The van der Waals surface area contributed by atoms with Crippen LogP contribution in [0.15, 0.2) is 18.2 Å². The minimum Gasteiger partial charge on any atom is -0.286 e. The zero-order chi connectivity index (χ0) is 16.4. The van der Waals surface area contributed by atoms with Crippen LogP contribution >= 0.6 is 11.6 Å². The number of aryl methyl sites for hydroxylation is 1. The molecule has 0 unspecified atom stereocenters. The van der Waals surface area contributed by atoms with Crippen LogP contribution in [0.4, 0.5) is 11.5 Å². The van der Waals surface area contributed by atoms with E-state index < -0.39 is 4.92 Å². The Balaban J connectivity index is 2.83. The number of H-pyrrole nitrogens is 1. The maximum absolute atomic E-state index is 11.1. The van der Waals surface area contributed by atoms with Gasteiger partial charge < -0.3 is 0 Å². The van der Waals surface area contributed by atoms with E-state index in [1.807, 2.05) is 13.8 Å². The quantitative estimate of drug-likeness (QED) is 0.693. The van der Waals surface area contributed by atoms with E-state index in [-0.39, 0.29) is 22.1 Å². The van der Waals surface area contributed by atoms with Crippen LogP contribution in [-0.4, -0.2) is 4.92 Å². The van der Waals surface area contributed by atoms with Crippen molar-refractivity contribution in [3.8, 4) is 17.2 Å². The zero-order valence-electron chi connectivity index (χ0n) is 12.1. The van der Waals surface area contributed by atoms with Crippen LogP contribution in [0, 0.1) is 28.4 Å². The summed E-state index contributed by atoms with van der Waals surface area (Å²) in [5, 5.41) is 20.5. The highest BCUT2D eigenvalue weighted by atomic mass is 35.5. The summed E-state index contributed by atoms with van der Waals surface area (Å²) in [6.07, 6.45) is 0.699. The van der Waals surface area contributed by atoms with Gasteiger partial charge in [-0.15, -0.1) is 0 Å². The number of hydrogen-bond donors (Lipinski definition) is 1. The molecule has 0 bridgehead atoms. The number of pyridine rings is 1. The number of nitriles is 1. The van der Waals surface area contributed by atoms with E-state index in [0.29, 0.717) is 17.5 Å². The molecule has 0 aliphatic carbocycles. The molecule has 3 N–H and O–H groups in total. The lowest BCUT2D eigenvalue weighted by Gasteiger charge is -2.11. The molecular formula is C15H14ClN4O2+. The number of hydrogen-bond acceptors (Lipinski definition) is 4. The van der Waals surface area contributed by atoms with Gasteiger partial charge in [-0.25, -0.2) is 4.98 Å². The van der Waals surface area contributed by atoms with Crippen molar-refractivity contribution in [3.05, 3.63) is 50.2 Å². The van der Waals surface area contributed by atoms with Crippen molar-refractivity contribution in [3.63, 3.8) is 0 Å². The fraction of sp³-hybridized carbons (Fsp3) is 0.200. The van der Waals surface area contributed by atoms with Gasteiger partial charge in [0, 0.05) is 23.6 Å². The normalized spacial score (nSPS) is 10.3. The molecule has 0 aliphatic rings. The van der Waals surface area contributed by atoms with Crippen LogP contribution in [0.25, 0.3) is 11.1 Å². The number of benzene rings is 1. The van der Waals surface area contributed by atoms with Crippen molar-refractivity contribution < 1.29 is 9.91 Å². The summed E-state index contributed by atoms with van der Waals surface area (Å²) in [6.45, 7) is 3.81. The van der Waals surface area contributed by atoms with E-state index in [0.717, 1.165) is 11.3 Å². The first-order valence-corrected chi connectivity index (χ1v) is 6.97. The van der Waals surface area contributed by atoms with Crippen molar-refractivity contribution >= 4 is 23.1 Å². The molecule has 7 heteroatoms. The number of aromatic amines is 1. The third-order valence-corrected chi connectivity index (χ3v) is 3.85. The maximum atomic E-state index is 11.1. The Bertz CT molecular complexity index is 811. The van der Waals surface area contributed by atoms with E-state index in [2.05, 4.69) is 11.1 Å². The molecular weight excluding hydrogens is 304 g/mol. The molecule has 1 heterocycles. The third-order valence-electron chi connectivity index (χ3n) is 3.53. The number of anilines is 1. The number of nitrogens with one attached hydrogen (secondary N) is 1. The predicted octanol–water partition coefficient (Wildman–Crippen LogP) is 3.05. The minimum absolute atomic E-state index is 0.0519. The van der Waals surface area contributed by atoms with Gasteiger partial charge in [0.2, 0.25) is 0 Å². The molecule has 0 fully saturated rings. The zero-order valence-corrected chi connectivity index (χ0v) is 12.9. The molecule has 0 spiro atoms. The number of rotatable bonds is 3. The van der Waals surface area contributed by atoms with Crippen molar-refractivity contribution in [1.29, 1.82) is 5.26 Å². The number of nitrogen functional groups attached to an aromatic ring is 1. The summed E-state index contributed by atoms with van der Waals surface area (Å²) in [5.41, 5.74) is 8.82. The molecule has 0 saturated carbocycles. The molecule has 0 amide bonds. The Hall–Kier alpha value is -2.65. The van der Waals surface area contributed by atoms with E-state index >= 15 is 0 Å². The Morgan fingerprint density at radius 3 is 2.73 bits per heavy atom. The Morgan fingerprint density at radius 1 is 1.50 bits per heavy atom. The Morgan fingerprint density at radius 2 is 2.18 bits per heavy atom. The lowest BCUT2D eigenvalue weighted by molar-refractivity contribution is -0.384. The Kier molecular flexibility index (Phi) is 4.29. The van der Waals surface area contributed by atoms with Gasteiger partial charge in [-0.1, -0.05) is 24.6 Å². The van der Waals surface area contributed by atoms with Gasteiger partial charge in [0.1, 0.15) is 22.3 Å². The third kappa shape index (κ3) is 2.59. The second kappa shape index (κ2) is 6.00. The van der Waals surface area contributed by atoms with Gasteiger partial charge in [0.15, 0.2) is 0 Å². The summed E-state index contributed by atoms with van der Waals surface area (Å²) < 4.78 is 0. The summed E-state index contributed by atoms with van der Waals surface area (Å²) >= 11 is 5.84. The molecule has 1 aromatic heterocycles. The van der Waals surface area contributed by atoms with Crippen LogP contribution in [0.5, 0.6) is 0 Å². The Labute approximate surface area is 132 Å². The summed E-state index contributed by atoms with van der Waals surface area (Å²) in [5.74, 6) is 0.248. The molecule has 22 heavy (non-hydrogen) atoms. The standard InChI is InChI=1S/C15H13ClN4O2/c1-3-12-8(2)14(10(7-17)15(18)19-12)9-4-5-11(16)13(6-9)20(21)22/h4-6H,3H2,1-2H3,(H2,18,19)/p+1. The van der Waals surface area contributed by atoms with Crippen molar-refractivity contribution in [1.82, 2.24) is 0 Å². The lowest BCUT2D eigenvalue weighted by atomic mass is 9.94. The largest absolute Gasteiger partial charge is 0.289 e. The van der Waals surface area contributed by atoms with Crippen LogP contribution < -0.4 is 10.7 Å². The average Bonchev–Trinajstić information content (AvgIpc) is 2.49. The first kappa shape index (κ1) is 15.7. The topological polar surface area (TPSA) is 107 Å². The number of nitrogens with two attached hydrogens (primary N) is 1. The molecule has 0 atom stereocenters. The molecule has 0 radical (unpaired) electrons. The van der Waals surface area contributed by atoms with E-state index in [4.69, 9.17) is 17.3 Å². The van der Waals surface area contributed by atoms with E-state index in [1.54, 1.807) is 6.07 Å². The molecule has 1 aromatic carbocycles. The first-order valence-electron chi connectivity index (χ1n) is 6.59. The van der Waals surface area contributed by atoms with Gasteiger partial charge in [0.05, 0.1) is 4.92 Å². The maximum Gasteiger partial charge on any atom is 0.289 e. The predicted molar refractivity (Wildman–Crippen MR) is 83.3 cm³/mol. The number of nitrogens with zero attached hydrogens (tertiary/aromatic N) is 2. The highest BCUT2D eigenvalue weighted by Gasteiger charge is 2.22. The number of nitro groups is 1. The van der Waals surface area contributed by atoms with Crippen LogP contribution in [0.1, 0.15) is 23.7 Å². The lowest BCUT2D eigenvalue weighted by Crippen LogP contribution is -2.20. The van der Waals surface area contributed by atoms with Gasteiger partial charge in [-0.2, -0.15) is 5.26 Å². The number of nitro benzene ring substituents is 1.